The van der Waals surface area contributed by atoms with E-state index in [4.69, 9.17) is 4.42 Å². The summed E-state index contributed by atoms with van der Waals surface area (Å²) in [5.74, 6) is -1.10. The van der Waals surface area contributed by atoms with E-state index in [-0.39, 0.29) is 17.1 Å². The van der Waals surface area contributed by atoms with Crippen molar-refractivity contribution in [1.29, 1.82) is 0 Å². The number of nitro groups is 1. The summed E-state index contributed by atoms with van der Waals surface area (Å²) in [6, 6.07) is 19.2. The Morgan fingerprint density at radius 3 is 2.26 bits per heavy atom. The summed E-state index contributed by atoms with van der Waals surface area (Å²) >= 11 is 3.35. The maximum atomic E-state index is 12.9. The van der Waals surface area contributed by atoms with Crippen molar-refractivity contribution in [2.75, 3.05) is 10.6 Å². The number of nitrogens with zero attached hydrogens (tertiary/aromatic N) is 1. The molecule has 0 radical (unpaired) electrons. The fraction of sp³-hybridized carbons (Fsp3) is 0. The van der Waals surface area contributed by atoms with Crippen molar-refractivity contribution < 1.29 is 18.9 Å². The summed E-state index contributed by atoms with van der Waals surface area (Å²) in [4.78, 5) is 36.0. The fourth-order valence-electron chi connectivity index (χ4n) is 3.01. The zero-order valence-electron chi connectivity index (χ0n) is 15.8. The number of carbonyl (C=O) groups excluding carboxylic acids is 2. The minimum absolute atomic E-state index is 0.0834. The van der Waals surface area contributed by atoms with E-state index in [1.165, 1.54) is 24.3 Å². The van der Waals surface area contributed by atoms with Gasteiger partial charge < -0.3 is 15.1 Å². The molecule has 0 spiro atoms. The summed E-state index contributed by atoms with van der Waals surface area (Å²) < 4.78 is 6.32. The van der Waals surface area contributed by atoms with Crippen LogP contribution in [-0.4, -0.2) is 16.7 Å². The predicted molar refractivity (Wildman–Crippen MR) is 119 cm³/mol. The minimum atomic E-state index is -0.604. The van der Waals surface area contributed by atoms with E-state index >= 15 is 0 Å². The number of halogens is 1. The summed E-state index contributed by atoms with van der Waals surface area (Å²) in [7, 11) is 0. The lowest BCUT2D eigenvalue weighted by molar-refractivity contribution is -0.384. The Morgan fingerprint density at radius 1 is 0.871 bits per heavy atom. The van der Waals surface area contributed by atoms with Crippen LogP contribution in [0.2, 0.25) is 0 Å². The van der Waals surface area contributed by atoms with Crippen LogP contribution >= 0.6 is 15.9 Å². The number of nitro benzene ring substituents is 1. The second kappa shape index (κ2) is 8.41. The molecule has 8 nitrogen and oxygen atoms in total. The topological polar surface area (TPSA) is 114 Å². The maximum absolute atomic E-state index is 12.9. The van der Waals surface area contributed by atoms with Gasteiger partial charge in [-0.1, -0.05) is 24.3 Å². The molecule has 4 rings (SSSR count). The molecule has 0 unspecified atom stereocenters. The van der Waals surface area contributed by atoms with E-state index < -0.39 is 16.7 Å². The van der Waals surface area contributed by atoms with Crippen LogP contribution in [0, 0.1) is 10.1 Å². The molecule has 1 heterocycles. The van der Waals surface area contributed by atoms with Gasteiger partial charge in [-0.25, -0.2) is 0 Å². The van der Waals surface area contributed by atoms with Gasteiger partial charge in [0.25, 0.3) is 17.5 Å². The normalized spacial score (nSPS) is 10.6. The molecule has 0 atom stereocenters. The SMILES string of the molecule is O=C(Nc1c(C(=O)Nc2ccc([N+](=O)[O-])cc2)oc2ccccc12)c1ccccc1Br. The van der Waals surface area contributed by atoms with E-state index in [9.17, 15) is 19.7 Å². The third-order valence-corrected chi connectivity index (χ3v) is 5.19. The van der Waals surface area contributed by atoms with E-state index in [0.29, 0.717) is 26.7 Å². The molecule has 0 saturated heterocycles. The highest BCUT2D eigenvalue weighted by atomic mass is 79.9. The Bertz CT molecular complexity index is 1310. The number of rotatable bonds is 5. The summed E-state index contributed by atoms with van der Waals surface area (Å²) in [5, 5.41) is 16.8. The Kier molecular flexibility index (Phi) is 5.50. The molecule has 4 aromatic rings. The molecule has 31 heavy (non-hydrogen) atoms. The van der Waals surface area contributed by atoms with Crippen molar-refractivity contribution in [3.63, 3.8) is 0 Å². The number of hydrogen-bond donors (Lipinski definition) is 2. The van der Waals surface area contributed by atoms with Crippen LogP contribution in [0.25, 0.3) is 11.0 Å². The quantitative estimate of drug-likeness (QED) is 0.285. The molecule has 2 N–H and O–H groups in total. The first kappa shape index (κ1) is 20.3. The lowest BCUT2D eigenvalue weighted by Crippen LogP contribution is -2.17. The van der Waals surface area contributed by atoms with Gasteiger partial charge in [0, 0.05) is 27.7 Å². The molecule has 3 aromatic carbocycles. The molecule has 0 fully saturated rings. The smallest absolute Gasteiger partial charge is 0.293 e. The average Bonchev–Trinajstić information content (AvgIpc) is 3.13. The van der Waals surface area contributed by atoms with Gasteiger partial charge in [0.2, 0.25) is 5.76 Å². The van der Waals surface area contributed by atoms with Gasteiger partial charge in [0.15, 0.2) is 0 Å². The van der Waals surface area contributed by atoms with E-state index in [0.717, 1.165) is 0 Å². The van der Waals surface area contributed by atoms with E-state index in [1.807, 2.05) is 0 Å². The number of fused-ring (bicyclic) bond motifs is 1. The second-order valence-electron chi connectivity index (χ2n) is 6.49. The van der Waals surface area contributed by atoms with Crippen LogP contribution < -0.4 is 10.6 Å². The standard InChI is InChI=1S/C22H14BrN3O5/c23-17-7-3-1-5-15(17)21(27)25-19-16-6-2-4-8-18(16)31-20(19)22(28)24-13-9-11-14(12-10-13)26(29)30/h1-12H,(H,24,28)(H,25,27). The minimum Gasteiger partial charge on any atom is -0.449 e. The van der Waals surface area contributed by atoms with Gasteiger partial charge in [-0.2, -0.15) is 0 Å². The Hall–Kier alpha value is -3.98. The van der Waals surface area contributed by atoms with Gasteiger partial charge >= 0.3 is 0 Å². The van der Waals surface area contributed by atoms with Crippen LogP contribution in [0.1, 0.15) is 20.9 Å². The van der Waals surface area contributed by atoms with Crippen molar-refractivity contribution in [2.24, 2.45) is 0 Å². The number of anilines is 2. The first-order valence-corrected chi connectivity index (χ1v) is 9.86. The van der Waals surface area contributed by atoms with Gasteiger partial charge in [0.1, 0.15) is 11.3 Å². The van der Waals surface area contributed by atoms with Gasteiger partial charge in [-0.3, -0.25) is 19.7 Å². The Morgan fingerprint density at radius 2 is 1.55 bits per heavy atom. The number of nitrogens with one attached hydrogen (secondary N) is 2. The largest absolute Gasteiger partial charge is 0.449 e. The molecule has 154 valence electrons. The first-order chi connectivity index (χ1) is 14.9. The summed E-state index contributed by atoms with van der Waals surface area (Å²) in [6.45, 7) is 0. The van der Waals surface area contributed by atoms with Gasteiger partial charge in [-0.15, -0.1) is 0 Å². The van der Waals surface area contributed by atoms with Crippen molar-refractivity contribution in [3.05, 3.63) is 98.7 Å². The van der Waals surface area contributed by atoms with Gasteiger partial charge in [-0.05, 0) is 52.3 Å². The number of hydrogen-bond acceptors (Lipinski definition) is 5. The molecule has 1 aromatic heterocycles. The predicted octanol–water partition coefficient (Wildman–Crippen LogP) is 5.61. The van der Waals surface area contributed by atoms with Crippen LogP contribution in [-0.2, 0) is 0 Å². The number of carbonyl (C=O) groups is 2. The third kappa shape index (κ3) is 4.17. The van der Waals surface area contributed by atoms with Crippen LogP contribution in [0.3, 0.4) is 0 Å². The van der Waals surface area contributed by atoms with Crippen molar-refractivity contribution in [1.82, 2.24) is 0 Å². The van der Waals surface area contributed by atoms with Crippen LogP contribution in [0.15, 0.2) is 81.7 Å². The zero-order valence-corrected chi connectivity index (χ0v) is 17.4. The second-order valence-corrected chi connectivity index (χ2v) is 7.35. The van der Waals surface area contributed by atoms with Crippen LogP contribution in [0.4, 0.5) is 17.1 Å². The molecule has 0 aliphatic rings. The van der Waals surface area contributed by atoms with Crippen LogP contribution in [0.5, 0.6) is 0 Å². The highest BCUT2D eigenvalue weighted by molar-refractivity contribution is 9.10. The molecule has 0 bridgehead atoms. The highest BCUT2D eigenvalue weighted by Gasteiger charge is 2.23. The monoisotopic (exact) mass is 479 g/mol. The van der Waals surface area contributed by atoms with Crippen molar-refractivity contribution in [3.8, 4) is 0 Å². The molecule has 0 aliphatic carbocycles. The van der Waals surface area contributed by atoms with E-state index in [1.54, 1.807) is 48.5 Å². The molecular formula is C22H14BrN3O5. The number of benzene rings is 3. The molecular weight excluding hydrogens is 466 g/mol. The van der Waals surface area contributed by atoms with Crippen molar-refractivity contribution >= 4 is 55.8 Å². The molecule has 0 aliphatic heterocycles. The van der Waals surface area contributed by atoms with E-state index in [2.05, 4.69) is 26.6 Å². The third-order valence-electron chi connectivity index (χ3n) is 4.49. The number of amides is 2. The lowest BCUT2D eigenvalue weighted by atomic mass is 10.1. The molecule has 2 amide bonds. The molecule has 9 heteroatoms. The molecule has 0 saturated carbocycles. The van der Waals surface area contributed by atoms with Gasteiger partial charge in [0.05, 0.1) is 10.5 Å². The van der Waals surface area contributed by atoms with Crippen molar-refractivity contribution in [2.45, 2.75) is 0 Å². The Labute approximate surface area is 184 Å². The fourth-order valence-corrected chi connectivity index (χ4v) is 3.47. The number of furan rings is 1. The first-order valence-electron chi connectivity index (χ1n) is 9.07. The highest BCUT2D eigenvalue weighted by Crippen LogP contribution is 2.32. The number of non-ortho nitro benzene ring substituents is 1. The lowest BCUT2D eigenvalue weighted by Gasteiger charge is -2.08. The maximum Gasteiger partial charge on any atom is 0.293 e. The summed E-state index contributed by atoms with van der Waals surface area (Å²) in [6.07, 6.45) is 0. The number of para-hydroxylation sites is 1. The summed E-state index contributed by atoms with van der Waals surface area (Å²) in [5.41, 5.74) is 1.31. The average molecular weight is 480 g/mol. The zero-order chi connectivity index (χ0) is 22.0. The Balaban J connectivity index is 1.67.